The number of benzene rings is 1. The van der Waals surface area contributed by atoms with Crippen molar-refractivity contribution in [1.82, 2.24) is 25.3 Å². The van der Waals surface area contributed by atoms with Crippen LogP contribution in [0, 0.1) is 0 Å². The van der Waals surface area contributed by atoms with Crippen molar-refractivity contribution in [3.8, 4) is 11.5 Å². The number of likely N-dealkylation sites (N-methyl/N-ethyl adjacent to an activating group) is 1. The summed E-state index contributed by atoms with van der Waals surface area (Å²) < 4.78 is 5.52. The summed E-state index contributed by atoms with van der Waals surface area (Å²) in [6.45, 7) is 2.81. The Hall–Kier alpha value is -2.02. The highest BCUT2D eigenvalue weighted by Crippen LogP contribution is 2.28. The molecule has 120 valence electrons. The number of rotatable bonds is 2. The van der Waals surface area contributed by atoms with E-state index in [-0.39, 0.29) is 18.4 Å². The zero-order chi connectivity index (χ0) is 14.9. The lowest BCUT2D eigenvalue weighted by Crippen LogP contribution is -2.44. The Kier molecular flexibility index (Phi) is 4.56. The van der Waals surface area contributed by atoms with Gasteiger partial charge in [0, 0.05) is 36.8 Å². The Morgan fingerprint density at radius 1 is 1.26 bits per heavy atom. The van der Waals surface area contributed by atoms with E-state index in [1.807, 2.05) is 30.3 Å². The molecule has 1 aromatic carbocycles. The van der Waals surface area contributed by atoms with Crippen LogP contribution < -0.4 is 5.32 Å². The largest absolute Gasteiger partial charge is 0.334 e. The van der Waals surface area contributed by atoms with Gasteiger partial charge in [-0.3, -0.25) is 9.88 Å². The summed E-state index contributed by atoms with van der Waals surface area (Å²) in [7, 11) is 2.09. The van der Waals surface area contributed by atoms with Gasteiger partial charge in [-0.2, -0.15) is 4.98 Å². The first kappa shape index (κ1) is 15.9. The van der Waals surface area contributed by atoms with Crippen molar-refractivity contribution < 1.29 is 4.52 Å². The second kappa shape index (κ2) is 6.62. The monoisotopic (exact) mass is 331 g/mol. The van der Waals surface area contributed by atoms with Crippen molar-refractivity contribution in [3.63, 3.8) is 0 Å². The summed E-state index contributed by atoms with van der Waals surface area (Å²) in [5, 5.41) is 8.58. The van der Waals surface area contributed by atoms with Gasteiger partial charge in [-0.05, 0) is 25.2 Å². The van der Waals surface area contributed by atoms with Gasteiger partial charge in [0.05, 0.1) is 11.6 Å². The van der Waals surface area contributed by atoms with E-state index in [0.29, 0.717) is 5.89 Å². The van der Waals surface area contributed by atoms with Gasteiger partial charge in [-0.1, -0.05) is 17.3 Å². The molecule has 0 radical (unpaired) electrons. The molecule has 3 aromatic rings. The molecule has 7 heteroatoms. The molecule has 1 unspecified atom stereocenters. The molecule has 3 heterocycles. The topological polar surface area (TPSA) is 67.1 Å². The zero-order valence-electron chi connectivity index (χ0n) is 12.8. The van der Waals surface area contributed by atoms with Gasteiger partial charge in [0.15, 0.2) is 5.82 Å². The smallest absolute Gasteiger partial charge is 0.258 e. The first-order valence-corrected chi connectivity index (χ1v) is 7.41. The standard InChI is InChI=1S/C16H17N5O.ClH/c1-21-9-8-17-10-14(21)15-19-16(22-20-15)12-4-2-6-13-11(12)5-3-7-18-13;/h2-7,14,17H,8-10H2,1H3;1H. The summed E-state index contributed by atoms with van der Waals surface area (Å²) in [5.41, 5.74) is 1.85. The Balaban J connectivity index is 0.00000156. The van der Waals surface area contributed by atoms with Gasteiger partial charge >= 0.3 is 0 Å². The number of pyridine rings is 1. The van der Waals surface area contributed by atoms with E-state index in [2.05, 4.69) is 32.4 Å². The van der Waals surface area contributed by atoms with Crippen LogP contribution in [0.5, 0.6) is 0 Å². The molecule has 0 saturated carbocycles. The third kappa shape index (κ3) is 2.93. The van der Waals surface area contributed by atoms with Gasteiger partial charge < -0.3 is 9.84 Å². The van der Waals surface area contributed by atoms with Crippen LogP contribution in [-0.2, 0) is 0 Å². The molecule has 1 N–H and O–H groups in total. The summed E-state index contributed by atoms with van der Waals surface area (Å²) in [6, 6.07) is 10.0. The molecule has 1 saturated heterocycles. The Labute approximate surface area is 140 Å². The van der Waals surface area contributed by atoms with Gasteiger partial charge in [-0.15, -0.1) is 12.4 Å². The highest BCUT2D eigenvalue weighted by Gasteiger charge is 2.25. The van der Waals surface area contributed by atoms with Crippen molar-refractivity contribution in [2.45, 2.75) is 6.04 Å². The van der Waals surface area contributed by atoms with E-state index < -0.39 is 0 Å². The van der Waals surface area contributed by atoms with Crippen LogP contribution in [0.3, 0.4) is 0 Å². The molecule has 1 aliphatic rings. The van der Waals surface area contributed by atoms with Crippen LogP contribution in [0.2, 0.25) is 0 Å². The molecule has 0 spiro atoms. The molecule has 0 amide bonds. The highest BCUT2D eigenvalue weighted by molar-refractivity contribution is 5.92. The van der Waals surface area contributed by atoms with Crippen molar-refractivity contribution in [2.24, 2.45) is 0 Å². The minimum Gasteiger partial charge on any atom is -0.334 e. The number of fused-ring (bicyclic) bond motifs is 1. The van der Waals surface area contributed by atoms with E-state index in [1.165, 1.54) is 0 Å². The van der Waals surface area contributed by atoms with Gasteiger partial charge in [0.25, 0.3) is 5.89 Å². The Morgan fingerprint density at radius 2 is 2.17 bits per heavy atom. The minimum atomic E-state index is 0. The van der Waals surface area contributed by atoms with Crippen LogP contribution >= 0.6 is 12.4 Å². The number of piperazine rings is 1. The lowest BCUT2D eigenvalue weighted by molar-refractivity contribution is 0.190. The maximum absolute atomic E-state index is 5.52. The van der Waals surface area contributed by atoms with E-state index >= 15 is 0 Å². The predicted octanol–water partition coefficient (Wildman–Crippen LogP) is 2.28. The van der Waals surface area contributed by atoms with Crippen molar-refractivity contribution in [3.05, 3.63) is 42.4 Å². The van der Waals surface area contributed by atoms with Crippen LogP contribution in [-0.4, -0.2) is 46.7 Å². The normalized spacial score (nSPS) is 18.7. The third-order valence-corrected chi connectivity index (χ3v) is 4.13. The van der Waals surface area contributed by atoms with Crippen LogP contribution in [0.25, 0.3) is 22.4 Å². The van der Waals surface area contributed by atoms with Crippen molar-refractivity contribution >= 4 is 23.3 Å². The maximum Gasteiger partial charge on any atom is 0.258 e. The molecule has 1 aliphatic heterocycles. The number of nitrogens with one attached hydrogen (secondary N) is 1. The summed E-state index contributed by atoms with van der Waals surface area (Å²) in [6.07, 6.45) is 1.79. The Bertz CT molecular complexity index is 801. The fraction of sp³-hybridized carbons (Fsp3) is 0.312. The SMILES string of the molecule is CN1CCNCC1c1noc(-c2cccc3ncccc23)n1.Cl. The lowest BCUT2D eigenvalue weighted by Gasteiger charge is -2.30. The zero-order valence-corrected chi connectivity index (χ0v) is 13.6. The van der Waals surface area contributed by atoms with Crippen molar-refractivity contribution in [1.29, 1.82) is 0 Å². The second-order valence-electron chi connectivity index (χ2n) is 5.53. The number of hydrogen-bond acceptors (Lipinski definition) is 6. The van der Waals surface area contributed by atoms with Crippen LogP contribution in [0.4, 0.5) is 0 Å². The van der Waals surface area contributed by atoms with Gasteiger partial charge in [-0.25, -0.2) is 0 Å². The van der Waals surface area contributed by atoms with Crippen LogP contribution in [0.1, 0.15) is 11.9 Å². The average molecular weight is 332 g/mol. The number of halogens is 1. The third-order valence-electron chi connectivity index (χ3n) is 4.13. The number of aromatic nitrogens is 3. The molecule has 6 nitrogen and oxygen atoms in total. The molecule has 1 atom stereocenters. The predicted molar refractivity (Wildman–Crippen MR) is 90.5 cm³/mol. The van der Waals surface area contributed by atoms with Gasteiger partial charge in [0.2, 0.25) is 0 Å². The first-order valence-electron chi connectivity index (χ1n) is 7.41. The number of nitrogens with zero attached hydrogens (tertiary/aromatic N) is 4. The van der Waals surface area contributed by atoms with Crippen molar-refractivity contribution in [2.75, 3.05) is 26.7 Å². The summed E-state index contributed by atoms with van der Waals surface area (Å²) >= 11 is 0. The summed E-state index contributed by atoms with van der Waals surface area (Å²) in [5.74, 6) is 1.28. The second-order valence-corrected chi connectivity index (χ2v) is 5.53. The van der Waals surface area contributed by atoms with E-state index in [1.54, 1.807) is 6.20 Å². The van der Waals surface area contributed by atoms with Crippen LogP contribution in [0.15, 0.2) is 41.1 Å². The average Bonchev–Trinajstić information content (AvgIpc) is 3.04. The van der Waals surface area contributed by atoms with E-state index in [9.17, 15) is 0 Å². The Morgan fingerprint density at radius 3 is 3.04 bits per heavy atom. The maximum atomic E-state index is 5.52. The molecule has 4 rings (SSSR count). The quantitative estimate of drug-likeness (QED) is 0.777. The fourth-order valence-corrected chi connectivity index (χ4v) is 2.86. The first-order chi connectivity index (χ1) is 10.8. The van der Waals surface area contributed by atoms with Gasteiger partial charge in [0.1, 0.15) is 0 Å². The molecule has 1 fully saturated rings. The highest BCUT2D eigenvalue weighted by atomic mass is 35.5. The van der Waals surface area contributed by atoms with E-state index in [4.69, 9.17) is 4.52 Å². The molecule has 23 heavy (non-hydrogen) atoms. The number of hydrogen-bond donors (Lipinski definition) is 1. The lowest BCUT2D eigenvalue weighted by atomic mass is 10.1. The molecular formula is C16H18ClN5O. The molecule has 0 bridgehead atoms. The molecule has 0 aliphatic carbocycles. The van der Waals surface area contributed by atoms with E-state index in [0.717, 1.165) is 41.9 Å². The fourth-order valence-electron chi connectivity index (χ4n) is 2.86. The molecular weight excluding hydrogens is 314 g/mol. The summed E-state index contributed by atoms with van der Waals surface area (Å²) in [4.78, 5) is 11.2. The molecule has 2 aromatic heterocycles. The minimum absolute atomic E-state index is 0.